The summed E-state index contributed by atoms with van der Waals surface area (Å²) in [5.74, 6) is -0.210. The molecule has 1 aliphatic rings. The molecule has 19 heavy (non-hydrogen) atoms. The highest BCUT2D eigenvalue weighted by molar-refractivity contribution is 5.15. The largest absolute Gasteiger partial charge is 0.371 e. The van der Waals surface area contributed by atoms with Crippen LogP contribution in [0.2, 0.25) is 0 Å². The number of hydrogen-bond acceptors (Lipinski definition) is 2. The topological polar surface area (TPSA) is 21.8 Å². The Hall–Kier alpha value is -0.930. The molecule has 0 N–H and O–H groups in total. The molecule has 1 heterocycles. The Balaban J connectivity index is 1.65. The molecule has 0 bridgehead atoms. The highest BCUT2D eigenvalue weighted by atomic mass is 19.1. The molecule has 0 radical (unpaired) electrons. The van der Waals surface area contributed by atoms with Crippen LogP contribution in [0.4, 0.5) is 4.39 Å². The molecule has 0 spiro atoms. The van der Waals surface area contributed by atoms with Crippen LogP contribution in [0.5, 0.6) is 0 Å². The van der Waals surface area contributed by atoms with Crippen LogP contribution >= 0.6 is 0 Å². The van der Waals surface area contributed by atoms with E-state index in [0.29, 0.717) is 12.7 Å². The van der Waals surface area contributed by atoms with Gasteiger partial charge in [0.05, 0.1) is 18.8 Å². The lowest BCUT2D eigenvalue weighted by Gasteiger charge is -2.10. The summed E-state index contributed by atoms with van der Waals surface area (Å²) in [5.41, 5.74) is 0.997. The third kappa shape index (κ3) is 4.59. The van der Waals surface area contributed by atoms with Gasteiger partial charge < -0.3 is 9.47 Å². The number of epoxide rings is 1. The van der Waals surface area contributed by atoms with Crippen molar-refractivity contribution in [2.45, 2.75) is 64.4 Å². The van der Waals surface area contributed by atoms with E-state index in [0.717, 1.165) is 12.0 Å². The average Bonchev–Trinajstić information content (AvgIpc) is 3.18. The number of rotatable bonds is 8. The summed E-state index contributed by atoms with van der Waals surface area (Å²) < 4.78 is 24.2. The minimum Gasteiger partial charge on any atom is -0.371 e. The molecule has 2 rings (SSSR count). The fraction of sp³-hybridized carbons (Fsp3) is 0.625. The van der Waals surface area contributed by atoms with E-state index in [-0.39, 0.29) is 18.0 Å². The van der Waals surface area contributed by atoms with Crippen LogP contribution < -0.4 is 0 Å². The molecule has 0 unspecified atom stereocenters. The normalized spacial score (nSPS) is 23.3. The third-order valence-corrected chi connectivity index (χ3v) is 3.60. The Morgan fingerprint density at radius 1 is 1.26 bits per heavy atom. The second-order valence-electron chi connectivity index (χ2n) is 5.28. The predicted molar refractivity (Wildman–Crippen MR) is 73.5 cm³/mol. The first-order valence-corrected chi connectivity index (χ1v) is 7.22. The molecule has 3 atom stereocenters. The van der Waals surface area contributed by atoms with Gasteiger partial charge in [-0.25, -0.2) is 4.39 Å². The van der Waals surface area contributed by atoms with Crippen LogP contribution in [-0.4, -0.2) is 18.3 Å². The van der Waals surface area contributed by atoms with Crippen molar-refractivity contribution < 1.29 is 13.9 Å². The average molecular weight is 266 g/mol. The molecule has 3 heteroatoms. The third-order valence-electron chi connectivity index (χ3n) is 3.60. The molecule has 1 aromatic rings. The van der Waals surface area contributed by atoms with Gasteiger partial charge in [-0.05, 0) is 31.0 Å². The summed E-state index contributed by atoms with van der Waals surface area (Å²) in [4.78, 5) is 0. The van der Waals surface area contributed by atoms with E-state index < -0.39 is 0 Å². The van der Waals surface area contributed by atoms with Gasteiger partial charge in [0.15, 0.2) is 0 Å². The molecule has 0 amide bonds. The number of hydrogen-bond donors (Lipinski definition) is 0. The van der Waals surface area contributed by atoms with Gasteiger partial charge in [-0.15, -0.1) is 0 Å². The van der Waals surface area contributed by atoms with Crippen molar-refractivity contribution in [3.8, 4) is 0 Å². The second kappa shape index (κ2) is 7.01. The van der Waals surface area contributed by atoms with E-state index in [4.69, 9.17) is 9.47 Å². The van der Waals surface area contributed by atoms with E-state index in [2.05, 4.69) is 6.92 Å². The second-order valence-corrected chi connectivity index (χ2v) is 5.28. The minimum atomic E-state index is -0.210. The lowest BCUT2D eigenvalue weighted by molar-refractivity contribution is 0.0340. The Kier molecular flexibility index (Phi) is 5.34. The SMILES string of the molecule is CCCCC[C@@H]1O[C@@H]1[C@H](C)OCc1ccc(F)cc1. The van der Waals surface area contributed by atoms with Crippen molar-refractivity contribution >= 4 is 0 Å². The van der Waals surface area contributed by atoms with E-state index in [1.807, 2.05) is 6.92 Å². The van der Waals surface area contributed by atoms with Gasteiger partial charge in [-0.1, -0.05) is 38.3 Å². The number of unbranched alkanes of at least 4 members (excludes halogenated alkanes) is 2. The lowest BCUT2D eigenvalue weighted by atomic mass is 10.1. The maximum Gasteiger partial charge on any atom is 0.123 e. The first kappa shape index (κ1) is 14.5. The monoisotopic (exact) mass is 266 g/mol. The van der Waals surface area contributed by atoms with Crippen LogP contribution in [0, 0.1) is 5.82 Å². The first-order valence-electron chi connectivity index (χ1n) is 7.22. The predicted octanol–water partition coefficient (Wildman–Crippen LogP) is 4.08. The number of halogens is 1. The smallest absolute Gasteiger partial charge is 0.123 e. The van der Waals surface area contributed by atoms with E-state index in [1.165, 1.54) is 31.4 Å². The van der Waals surface area contributed by atoms with Gasteiger partial charge in [0.2, 0.25) is 0 Å². The van der Waals surface area contributed by atoms with Crippen molar-refractivity contribution in [2.75, 3.05) is 0 Å². The zero-order valence-corrected chi connectivity index (χ0v) is 11.8. The van der Waals surface area contributed by atoms with E-state index in [1.54, 1.807) is 12.1 Å². The standard InChI is InChI=1S/C16H23FO2/c1-3-4-5-6-15-16(19-15)12(2)18-11-13-7-9-14(17)10-8-13/h7-10,12,15-16H,3-6,11H2,1-2H3/t12-,15-,16+/m0/s1. The molecule has 0 aromatic heterocycles. The minimum absolute atomic E-state index is 0.108. The fourth-order valence-corrected chi connectivity index (χ4v) is 2.30. The Morgan fingerprint density at radius 2 is 2.00 bits per heavy atom. The van der Waals surface area contributed by atoms with Crippen LogP contribution in [0.1, 0.15) is 45.1 Å². The maximum atomic E-state index is 12.8. The summed E-state index contributed by atoms with van der Waals surface area (Å²) in [7, 11) is 0. The number of benzene rings is 1. The summed E-state index contributed by atoms with van der Waals surface area (Å²) in [5, 5.41) is 0. The highest BCUT2D eigenvalue weighted by Crippen LogP contribution is 2.31. The molecule has 2 nitrogen and oxygen atoms in total. The van der Waals surface area contributed by atoms with Crippen LogP contribution in [0.15, 0.2) is 24.3 Å². The summed E-state index contributed by atoms with van der Waals surface area (Å²) >= 11 is 0. The lowest BCUT2D eigenvalue weighted by Crippen LogP contribution is -2.17. The Morgan fingerprint density at radius 3 is 2.68 bits per heavy atom. The van der Waals surface area contributed by atoms with Gasteiger partial charge in [0, 0.05) is 0 Å². The highest BCUT2D eigenvalue weighted by Gasteiger charge is 2.42. The molecule has 1 aromatic carbocycles. The molecular formula is C16H23FO2. The van der Waals surface area contributed by atoms with Gasteiger partial charge >= 0.3 is 0 Å². The van der Waals surface area contributed by atoms with Crippen molar-refractivity contribution in [1.82, 2.24) is 0 Å². The number of ether oxygens (including phenoxy) is 2. The maximum absolute atomic E-state index is 12.8. The van der Waals surface area contributed by atoms with Crippen molar-refractivity contribution in [3.63, 3.8) is 0 Å². The molecule has 106 valence electrons. The van der Waals surface area contributed by atoms with E-state index >= 15 is 0 Å². The summed E-state index contributed by atoms with van der Waals surface area (Å²) in [6.45, 7) is 4.77. The van der Waals surface area contributed by atoms with Gasteiger partial charge in [0.1, 0.15) is 11.9 Å². The van der Waals surface area contributed by atoms with Crippen molar-refractivity contribution in [2.24, 2.45) is 0 Å². The van der Waals surface area contributed by atoms with E-state index in [9.17, 15) is 4.39 Å². The molecular weight excluding hydrogens is 243 g/mol. The zero-order valence-electron chi connectivity index (χ0n) is 11.8. The fourth-order valence-electron chi connectivity index (χ4n) is 2.30. The summed E-state index contributed by atoms with van der Waals surface area (Å²) in [6, 6.07) is 6.44. The van der Waals surface area contributed by atoms with Crippen LogP contribution in [0.3, 0.4) is 0 Å². The first-order chi connectivity index (χ1) is 9.20. The van der Waals surface area contributed by atoms with Gasteiger partial charge in [0.25, 0.3) is 0 Å². The van der Waals surface area contributed by atoms with Crippen molar-refractivity contribution in [3.05, 3.63) is 35.6 Å². The quantitative estimate of drug-likeness (QED) is 0.522. The van der Waals surface area contributed by atoms with Crippen molar-refractivity contribution in [1.29, 1.82) is 0 Å². The molecule has 1 fully saturated rings. The molecule has 1 saturated heterocycles. The van der Waals surface area contributed by atoms with Crippen LogP contribution in [0.25, 0.3) is 0 Å². The molecule has 1 aliphatic heterocycles. The Bertz CT molecular complexity index is 377. The van der Waals surface area contributed by atoms with Crippen LogP contribution in [-0.2, 0) is 16.1 Å². The zero-order chi connectivity index (χ0) is 13.7. The Labute approximate surface area is 114 Å². The van der Waals surface area contributed by atoms with Gasteiger partial charge in [-0.3, -0.25) is 0 Å². The van der Waals surface area contributed by atoms with Gasteiger partial charge in [-0.2, -0.15) is 0 Å². The summed E-state index contributed by atoms with van der Waals surface area (Å²) in [6.07, 6.45) is 5.64. The molecule has 0 saturated carbocycles. The molecule has 0 aliphatic carbocycles.